The highest BCUT2D eigenvalue weighted by molar-refractivity contribution is 5.47. The predicted molar refractivity (Wildman–Crippen MR) is 78.5 cm³/mol. The second kappa shape index (κ2) is 6.92. The summed E-state index contributed by atoms with van der Waals surface area (Å²) in [5, 5.41) is 9.79. The van der Waals surface area contributed by atoms with E-state index < -0.39 is 0 Å². The third-order valence-electron chi connectivity index (χ3n) is 3.89. The molecule has 0 bridgehead atoms. The van der Waals surface area contributed by atoms with Gasteiger partial charge in [0.1, 0.15) is 0 Å². The Kier molecular flexibility index (Phi) is 5.23. The van der Waals surface area contributed by atoms with Gasteiger partial charge in [0.15, 0.2) is 0 Å². The van der Waals surface area contributed by atoms with Crippen LogP contribution < -0.4 is 4.90 Å². The Morgan fingerprint density at radius 1 is 1.37 bits per heavy atom. The fourth-order valence-corrected chi connectivity index (χ4v) is 2.63. The van der Waals surface area contributed by atoms with E-state index in [0.717, 1.165) is 31.7 Å². The minimum atomic E-state index is -0.342. The van der Waals surface area contributed by atoms with Crippen LogP contribution in [0.25, 0.3) is 0 Å². The van der Waals surface area contributed by atoms with Crippen LogP contribution >= 0.6 is 0 Å². The van der Waals surface area contributed by atoms with E-state index in [1.54, 1.807) is 0 Å². The third kappa shape index (κ3) is 3.95. The van der Waals surface area contributed by atoms with E-state index in [-0.39, 0.29) is 6.10 Å². The molecule has 1 N–H and O–H groups in total. The number of rotatable bonds is 5. The molecule has 1 saturated heterocycles. The quantitative estimate of drug-likeness (QED) is 0.886. The largest absolute Gasteiger partial charge is 0.388 e. The maximum absolute atomic E-state index is 9.79. The van der Waals surface area contributed by atoms with Gasteiger partial charge in [-0.25, -0.2) is 0 Å². The molecule has 1 aliphatic heterocycles. The zero-order valence-electron chi connectivity index (χ0n) is 12.0. The van der Waals surface area contributed by atoms with E-state index in [2.05, 4.69) is 24.1 Å². The van der Waals surface area contributed by atoms with Gasteiger partial charge in [0.2, 0.25) is 0 Å². The second-order valence-corrected chi connectivity index (χ2v) is 5.48. The predicted octanol–water partition coefficient (Wildman–Crippen LogP) is 2.99. The van der Waals surface area contributed by atoms with Crippen molar-refractivity contribution in [3.63, 3.8) is 0 Å². The number of nitrogens with zero attached hydrogens (tertiary/aromatic N) is 1. The second-order valence-electron chi connectivity index (χ2n) is 5.48. The van der Waals surface area contributed by atoms with Crippen molar-refractivity contribution < 1.29 is 9.84 Å². The maximum atomic E-state index is 9.79. The Morgan fingerprint density at radius 3 is 2.68 bits per heavy atom. The van der Waals surface area contributed by atoms with Crippen molar-refractivity contribution >= 4 is 5.69 Å². The molecule has 0 saturated carbocycles. The van der Waals surface area contributed by atoms with Crippen LogP contribution in [-0.4, -0.2) is 31.9 Å². The fraction of sp³-hybridized carbons (Fsp3) is 0.625. The van der Waals surface area contributed by atoms with Crippen LogP contribution in [0.15, 0.2) is 24.3 Å². The molecule has 1 fully saturated rings. The van der Waals surface area contributed by atoms with Crippen LogP contribution in [0.5, 0.6) is 0 Å². The minimum Gasteiger partial charge on any atom is -0.388 e. The average Bonchev–Trinajstić information content (AvgIpc) is 2.47. The molecule has 0 radical (unpaired) electrons. The minimum absolute atomic E-state index is 0.342. The summed E-state index contributed by atoms with van der Waals surface area (Å²) in [7, 11) is 2.12. The first kappa shape index (κ1) is 14.4. The summed E-state index contributed by atoms with van der Waals surface area (Å²) in [5.74, 6) is 0.639. The zero-order valence-corrected chi connectivity index (χ0v) is 12.0. The van der Waals surface area contributed by atoms with Crippen molar-refractivity contribution in [3.05, 3.63) is 29.8 Å². The molecule has 1 aromatic carbocycles. The standard InChI is InChI=1S/C16H25NO2/c1-3-16(18)14-6-8-15(9-7-14)17(2)11-13-5-4-10-19-12-13/h6-9,13,16,18H,3-5,10-12H2,1-2H3. The molecule has 3 nitrogen and oxygen atoms in total. The normalized spacial score (nSPS) is 21.1. The summed E-state index contributed by atoms with van der Waals surface area (Å²) in [6.45, 7) is 4.84. The number of ether oxygens (including phenoxy) is 1. The first-order chi connectivity index (χ1) is 9.20. The summed E-state index contributed by atoms with van der Waals surface area (Å²) in [4.78, 5) is 2.28. The SMILES string of the molecule is CCC(O)c1ccc(N(C)CC2CCCOC2)cc1. The Labute approximate surface area is 116 Å². The Morgan fingerprint density at radius 2 is 2.11 bits per heavy atom. The molecule has 0 amide bonds. The monoisotopic (exact) mass is 263 g/mol. The molecule has 2 atom stereocenters. The number of aliphatic hydroxyl groups is 1. The first-order valence-corrected chi connectivity index (χ1v) is 7.27. The number of hydrogen-bond acceptors (Lipinski definition) is 3. The molecule has 106 valence electrons. The van der Waals surface area contributed by atoms with E-state index >= 15 is 0 Å². The van der Waals surface area contributed by atoms with Gasteiger partial charge in [-0.2, -0.15) is 0 Å². The van der Waals surface area contributed by atoms with Crippen LogP contribution in [0.2, 0.25) is 0 Å². The smallest absolute Gasteiger partial charge is 0.0787 e. The lowest BCUT2D eigenvalue weighted by Crippen LogP contribution is -2.30. The molecule has 0 spiro atoms. The lowest BCUT2D eigenvalue weighted by Gasteiger charge is -2.28. The van der Waals surface area contributed by atoms with Crippen molar-refractivity contribution in [2.24, 2.45) is 5.92 Å². The molecule has 2 rings (SSSR count). The molecular weight excluding hydrogens is 238 g/mol. The highest BCUT2D eigenvalue weighted by atomic mass is 16.5. The van der Waals surface area contributed by atoms with Gasteiger partial charge in [-0.3, -0.25) is 0 Å². The van der Waals surface area contributed by atoms with E-state index in [0.29, 0.717) is 5.92 Å². The van der Waals surface area contributed by atoms with Crippen molar-refractivity contribution in [1.29, 1.82) is 0 Å². The number of anilines is 1. The summed E-state index contributed by atoms with van der Waals surface area (Å²) >= 11 is 0. The van der Waals surface area contributed by atoms with E-state index in [1.165, 1.54) is 18.5 Å². The summed E-state index contributed by atoms with van der Waals surface area (Å²) in [6.07, 6.45) is 2.86. The van der Waals surface area contributed by atoms with Gasteiger partial charge in [-0.05, 0) is 42.9 Å². The maximum Gasteiger partial charge on any atom is 0.0787 e. The van der Waals surface area contributed by atoms with Gasteiger partial charge in [-0.15, -0.1) is 0 Å². The van der Waals surface area contributed by atoms with Gasteiger partial charge in [0, 0.05) is 25.9 Å². The van der Waals surface area contributed by atoms with Gasteiger partial charge in [0.05, 0.1) is 12.7 Å². The molecule has 3 heteroatoms. The van der Waals surface area contributed by atoms with Crippen molar-refractivity contribution in [3.8, 4) is 0 Å². The van der Waals surface area contributed by atoms with Crippen LogP contribution in [0.3, 0.4) is 0 Å². The van der Waals surface area contributed by atoms with E-state index in [1.807, 2.05) is 19.1 Å². The lowest BCUT2D eigenvalue weighted by molar-refractivity contribution is 0.0576. The molecule has 1 aromatic rings. The summed E-state index contributed by atoms with van der Waals surface area (Å²) in [6, 6.07) is 8.24. The Balaban J connectivity index is 1.93. The molecular formula is C16H25NO2. The molecule has 2 unspecified atom stereocenters. The van der Waals surface area contributed by atoms with Crippen molar-refractivity contribution in [2.45, 2.75) is 32.3 Å². The highest BCUT2D eigenvalue weighted by Gasteiger charge is 2.16. The van der Waals surface area contributed by atoms with Gasteiger partial charge < -0.3 is 14.7 Å². The Hall–Kier alpha value is -1.06. The van der Waals surface area contributed by atoms with Gasteiger partial charge >= 0.3 is 0 Å². The molecule has 0 aliphatic carbocycles. The molecule has 0 aromatic heterocycles. The average molecular weight is 263 g/mol. The van der Waals surface area contributed by atoms with Crippen LogP contribution in [-0.2, 0) is 4.74 Å². The lowest BCUT2D eigenvalue weighted by atomic mass is 10.0. The Bertz CT molecular complexity index is 371. The molecule has 1 aliphatic rings. The number of aliphatic hydroxyl groups excluding tert-OH is 1. The molecule has 19 heavy (non-hydrogen) atoms. The summed E-state index contributed by atoms with van der Waals surface area (Å²) < 4.78 is 5.52. The topological polar surface area (TPSA) is 32.7 Å². The van der Waals surface area contributed by atoms with Crippen LogP contribution in [0.1, 0.15) is 37.9 Å². The van der Waals surface area contributed by atoms with E-state index in [4.69, 9.17) is 4.74 Å². The number of hydrogen-bond donors (Lipinski definition) is 1. The first-order valence-electron chi connectivity index (χ1n) is 7.27. The van der Waals surface area contributed by atoms with Crippen molar-refractivity contribution in [1.82, 2.24) is 0 Å². The van der Waals surface area contributed by atoms with E-state index in [9.17, 15) is 5.11 Å². The molecule has 1 heterocycles. The zero-order chi connectivity index (χ0) is 13.7. The van der Waals surface area contributed by atoms with Crippen LogP contribution in [0, 0.1) is 5.92 Å². The third-order valence-corrected chi connectivity index (χ3v) is 3.89. The number of benzene rings is 1. The van der Waals surface area contributed by atoms with Gasteiger partial charge in [-0.1, -0.05) is 19.1 Å². The summed E-state index contributed by atoms with van der Waals surface area (Å²) in [5.41, 5.74) is 2.21. The highest BCUT2D eigenvalue weighted by Crippen LogP contribution is 2.22. The fourth-order valence-electron chi connectivity index (χ4n) is 2.63. The van der Waals surface area contributed by atoms with Crippen molar-refractivity contribution in [2.75, 3.05) is 31.7 Å². The van der Waals surface area contributed by atoms with Crippen LogP contribution in [0.4, 0.5) is 5.69 Å². The van der Waals surface area contributed by atoms with Gasteiger partial charge in [0.25, 0.3) is 0 Å².